The molecule has 3 nitrogen and oxygen atoms in total. The van der Waals surface area contributed by atoms with E-state index in [1.807, 2.05) is 11.3 Å². The zero-order chi connectivity index (χ0) is 16.4. The molecule has 0 atom stereocenters. The highest BCUT2D eigenvalue weighted by Gasteiger charge is 2.18. The lowest BCUT2D eigenvalue weighted by molar-refractivity contribution is -0.669. The van der Waals surface area contributed by atoms with Crippen molar-refractivity contribution in [1.82, 2.24) is 5.43 Å². The number of benzene rings is 2. The first-order valence-corrected chi connectivity index (χ1v) is 9.38. The number of nitrogens with zero attached hydrogens (tertiary/aromatic N) is 1. The fourth-order valence-corrected chi connectivity index (χ4v) is 4.26. The Labute approximate surface area is 146 Å². The third-order valence-corrected chi connectivity index (χ3v) is 5.58. The summed E-state index contributed by atoms with van der Waals surface area (Å²) in [5, 5.41) is 1.31. The predicted molar refractivity (Wildman–Crippen MR) is 103 cm³/mol. The van der Waals surface area contributed by atoms with Gasteiger partial charge in [-0.3, -0.25) is 0 Å². The van der Waals surface area contributed by atoms with Crippen molar-refractivity contribution in [3.8, 4) is 0 Å². The Hall–Kier alpha value is -2.17. The molecular weight excluding hydrogens is 314 g/mol. The molecule has 0 bridgehead atoms. The van der Waals surface area contributed by atoms with E-state index in [9.17, 15) is 0 Å². The Kier molecular flexibility index (Phi) is 4.32. The normalized spacial score (nSPS) is 13.5. The number of aryl methyl sites for hydroxylation is 1. The third kappa shape index (κ3) is 2.83. The number of anilines is 1. The van der Waals surface area contributed by atoms with E-state index in [0.717, 1.165) is 13.1 Å². The van der Waals surface area contributed by atoms with Gasteiger partial charge >= 0.3 is 0 Å². The third-order valence-electron chi connectivity index (χ3n) is 4.45. The molecular formula is C20H22N3S+. The molecule has 1 aliphatic rings. The number of unbranched alkanes of at least 4 members (excludes halogenated alkanes) is 1. The van der Waals surface area contributed by atoms with Crippen molar-refractivity contribution in [3.63, 3.8) is 0 Å². The van der Waals surface area contributed by atoms with Gasteiger partial charge in [0.05, 0.1) is 5.69 Å². The van der Waals surface area contributed by atoms with Gasteiger partial charge in [-0.15, -0.1) is 0 Å². The summed E-state index contributed by atoms with van der Waals surface area (Å²) in [6, 6.07) is 15.2. The van der Waals surface area contributed by atoms with Crippen molar-refractivity contribution in [2.45, 2.75) is 32.9 Å². The van der Waals surface area contributed by atoms with Crippen LogP contribution in [-0.2, 0) is 13.1 Å². The molecule has 122 valence electrons. The van der Waals surface area contributed by atoms with Crippen molar-refractivity contribution < 1.29 is 4.57 Å². The quantitative estimate of drug-likeness (QED) is 0.667. The second-order valence-electron chi connectivity index (χ2n) is 6.11. The Bertz CT molecular complexity index is 895. The number of rotatable bonds is 5. The summed E-state index contributed by atoms with van der Waals surface area (Å²) >= 11 is 1.87. The molecule has 0 fully saturated rings. The lowest BCUT2D eigenvalue weighted by Crippen LogP contribution is -2.34. The molecule has 0 saturated carbocycles. The predicted octanol–water partition coefficient (Wildman–Crippen LogP) is 4.59. The molecule has 3 aromatic rings. The van der Waals surface area contributed by atoms with Crippen LogP contribution in [-0.4, -0.2) is 0 Å². The average Bonchev–Trinajstić information content (AvgIpc) is 3.22. The molecule has 0 aliphatic carbocycles. The molecule has 0 saturated heterocycles. The molecule has 0 unspecified atom stereocenters. The van der Waals surface area contributed by atoms with Gasteiger partial charge in [-0.1, -0.05) is 55.0 Å². The highest BCUT2D eigenvalue weighted by molar-refractivity contribution is 7.18. The summed E-state index contributed by atoms with van der Waals surface area (Å²) in [5.41, 5.74) is 11.6. The highest BCUT2D eigenvalue weighted by Crippen LogP contribution is 2.27. The number of para-hydroxylation sites is 2. The van der Waals surface area contributed by atoms with Crippen molar-refractivity contribution in [2.75, 3.05) is 5.43 Å². The van der Waals surface area contributed by atoms with E-state index >= 15 is 0 Å². The molecule has 24 heavy (non-hydrogen) atoms. The van der Waals surface area contributed by atoms with Crippen LogP contribution in [0.2, 0.25) is 0 Å². The summed E-state index contributed by atoms with van der Waals surface area (Å²) in [6.07, 6.45) is 6.91. The monoisotopic (exact) mass is 336 g/mol. The smallest absolute Gasteiger partial charge is 0.262 e. The molecule has 2 N–H and O–H groups in total. The minimum absolute atomic E-state index is 0.885. The lowest BCUT2D eigenvalue weighted by Gasteiger charge is -2.02. The van der Waals surface area contributed by atoms with Gasteiger partial charge in [0.1, 0.15) is 4.70 Å². The highest BCUT2D eigenvalue weighted by atomic mass is 32.1. The fraction of sp³-hybridized carbons (Fsp3) is 0.250. The zero-order valence-electron chi connectivity index (χ0n) is 13.9. The minimum atomic E-state index is 0.885. The van der Waals surface area contributed by atoms with Gasteiger partial charge in [0, 0.05) is 25.1 Å². The second kappa shape index (κ2) is 6.75. The summed E-state index contributed by atoms with van der Waals surface area (Å²) in [7, 11) is 0. The summed E-state index contributed by atoms with van der Waals surface area (Å²) in [6.45, 7) is 4.21. The van der Waals surface area contributed by atoms with Crippen LogP contribution in [0.3, 0.4) is 0 Å². The lowest BCUT2D eigenvalue weighted by atomic mass is 10.1. The fourth-order valence-electron chi connectivity index (χ4n) is 3.17. The number of nitrogens with one attached hydrogen (secondary N) is 2. The maximum atomic E-state index is 3.28. The largest absolute Gasteiger partial charge is 0.320 e. The summed E-state index contributed by atoms with van der Waals surface area (Å²) in [5.74, 6) is 0. The maximum Gasteiger partial charge on any atom is 0.262 e. The van der Waals surface area contributed by atoms with Crippen LogP contribution in [0.25, 0.3) is 22.4 Å². The van der Waals surface area contributed by atoms with E-state index in [1.54, 1.807) is 0 Å². The Morgan fingerprint density at radius 1 is 1.12 bits per heavy atom. The topological polar surface area (TPSA) is 27.9 Å². The van der Waals surface area contributed by atoms with E-state index in [2.05, 4.69) is 77.0 Å². The summed E-state index contributed by atoms with van der Waals surface area (Å²) < 4.78 is 3.81. The van der Waals surface area contributed by atoms with Gasteiger partial charge in [0.2, 0.25) is 5.52 Å². The number of hydrazine groups is 1. The van der Waals surface area contributed by atoms with E-state index in [1.165, 1.54) is 44.9 Å². The Balaban J connectivity index is 1.73. The van der Waals surface area contributed by atoms with Gasteiger partial charge in [0.25, 0.3) is 5.01 Å². The van der Waals surface area contributed by atoms with Crippen molar-refractivity contribution in [1.29, 1.82) is 0 Å². The van der Waals surface area contributed by atoms with Gasteiger partial charge in [-0.05, 0) is 23.3 Å². The first-order valence-electron chi connectivity index (χ1n) is 8.57. The van der Waals surface area contributed by atoms with Crippen LogP contribution in [0.4, 0.5) is 5.69 Å². The number of hydrogen-bond donors (Lipinski definition) is 2. The zero-order valence-corrected chi connectivity index (χ0v) is 14.7. The molecule has 2 heterocycles. The first kappa shape index (κ1) is 15.4. The molecule has 1 aliphatic heterocycles. The minimum Gasteiger partial charge on any atom is -0.320 e. The van der Waals surface area contributed by atoms with Crippen LogP contribution in [0, 0.1) is 0 Å². The van der Waals surface area contributed by atoms with E-state index < -0.39 is 0 Å². The molecule has 2 aromatic carbocycles. The van der Waals surface area contributed by atoms with Gasteiger partial charge in [0.15, 0.2) is 6.54 Å². The number of aromatic nitrogens is 1. The molecule has 0 radical (unpaired) electrons. The molecule has 4 heteroatoms. The standard InChI is InChI=1S/C20H21N3S/c1-2-3-13-23-17-9-4-5-10-18(17)24-19(23)12-11-15-7-6-8-16-14-21-22-20(15)16/h4-12,21H,2-3,13-14H2,1H3/p+1. The van der Waals surface area contributed by atoms with Crippen LogP contribution >= 0.6 is 11.3 Å². The maximum absolute atomic E-state index is 3.28. The van der Waals surface area contributed by atoms with Crippen LogP contribution in [0.15, 0.2) is 42.5 Å². The first-order chi connectivity index (χ1) is 11.9. The summed E-state index contributed by atoms with van der Waals surface area (Å²) in [4.78, 5) is 0. The SMILES string of the molecule is CCCC[n+]1c(/C=C/c2cccc3c2NNC3)sc2ccccc21. The number of thiazole rings is 1. The van der Waals surface area contributed by atoms with E-state index in [-0.39, 0.29) is 0 Å². The van der Waals surface area contributed by atoms with Crippen molar-refractivity contribution in [3.05, 3.63) is 58.6 Å². The van der Waals surface area contributed by atoms with Gasteiger partial charge in [-0.25, -0.2) is 5.43 Å². The molecule has 0 amide bonds. The Morgan fingerprint density at radius 2 is 2.04 bits per heavy atom. The molecule has 0 spiro atoms. The van der Waals surface area contributed by atoms with Crippen LogP contribution in [0.5, 0.6) is 0 Å². The van der Waals surface area contributed by atoms with Crippen LogP contribution in [0.1, 0.15) is 35.9 Å². The number of hydrogen-bond acceptors (Lipinski definition) is 3. The van der Waals surface area contributed by atoms with Crippen molar-refractivity contribution >= 4 is 39.4 Å². The van der Waals surface area contributed by atoms with Crippen molar-refractivity contribution in [2.24, 2.45) is 0 Å². The molecule has 1 aromatic heterocycles. The second-order valence-corrected chi connectivity index (χ2v) is 7.17. The van der Waals surface area contributed by atoms with E-state index in [0.29, 0.717) is 0 Å². The average molecular weight is 336 g/mol. The van der Waals surface area contributed by atoms with Gasteiger partial charge in [-0.2, -0.15) is 4.57 Å². The Morgan fingerprint density at radius 3 is 2.96 bits per heavy atom. The number of fused-ring (bicyclic) bond motifs is 2. The van der Waals surface area contributed by atoms with E-state index in [4.69, 9.17) is 0 Å². The molecule has 4 rings (SSSR count). The van der Waals surface area contributed by atoms with Gasteiger partial charge < -0.3 is 5.43 Å². The van der Waals surface area contributed by atoms with Crippen LogP contribution < -0.4 is 15.4 Å².